The molecule has 1 atom stereocenters. The highest BCUT2D eigenvalue weighted by atomic mass is 16.5. The molecule has 1 aromatic carbocycles. The van der Waals surface area contributed by atoms with Crippen molar-refractivity contribution < 1.29 is 9.26 Å². The molecule has 3 aromatic rings. The topological polar surface area (TPSA) is 78.0 Å². The third-order valence-corrected chi connectivity index (χ3v) is 4.95. The minimum absolute atomic E-state index is 0.0348. The Kier molecular flexibility index (Phi) is 5.60. The van der Waals surface area contributed by atoms with E-state index in [1.54, 1.807) is 0 Å². The van der Waals surface area contributed by atoms with Crippen LogP contribution in [-0.2, 0) is 17.8 Å². The van der Waals surface area contributed by atoms with Crippen molar-refractivity contribution in [1.29, 1.82) is 0 Å². The Balaban J connectivity index is 1.41. The molecule has 0 bridgehead atoms. The van der Waals surface area contributed by atoms with Gasteiger partial charge < -0.3 is 14.6 Å². The fourth-order valence-electron chi connectivity index (χ4n) is 3.53. The second-order valence-electron chi connectivity index (χ2n) is 7.02. The number of hydrogen-bond acceptors (Lipinski definition) is 6. The maximum atomic E-state index is 5.51. The van der Waals surface area contributed by atoms with E-state index in [-0.39, 0.29) is 6.04 Å². The zero-order valence-corrected chi connectivity index (χ0v) is 15.5. The maximum Gasteiger partial charge on any atom is 0.244 e. The zero-order valence-electron chi connectivity index (χ0n) is 15.5. The largest absolute Gasteiger partial charge is 0.381 e. The van der Waals surface area contributed by atoms with Crippen LogP contribution in [0.2, 0.25) is 0 Å². The molecule has 0 unspecified atom stereocenters. The highest BCUT2D eigenvalue weighted by Gasteiger charge is 2.29. The summed E-state index contributed by atoms with van der Waals surface area (Å²) in [5.41, 5.74) is 2.38. The number of ether oxygens (including phenoxy) is 1. The standard InChI is InChI=1S/C20H25N5O2/c1-15-23-20(27-24-15)19(18-7-9-26-10-8-18)21-11-17-12-22-25(14-17)13-16-5-3-2-4-6-16/h2-6,12,14,18-19,21H,7-11,13H2,1H3/t19-/m0/s1. The Bertz CT molecular complexity index is 839. The summed E-state index contributed by atoms with van der Waals surface area (Å²) in [5, 5.41) is 12.1. The molecular weight excluding hydrogens is 342 g/mol. The average molecular weight is 367 g/mol. The van der Waals surface area contributed by atoms with Gasteiger partial charge in [0.1, 0.15) is 0 Å². The third kappa shape index (κ3) is 4.61. The van der Waals surface area contributed by atoms with Gasteiger partial charge in [-0.2, -0.15) is 10.1 Å². The van der Waals surface area contributed by atoms with Gasteiger partial charge in [0.25, 0.3) is 0 Å². The smallest absolute Gasteiger partial charge is 0.244 e. The molecule has 7 heteroatoms. The SMILES string of the molecule is Cc1noc([C@@H](NCc2cnn(Cc3ccccc3)c2)C2CCOCC2)n1. The molecule has 0 radical (unpaired) electrons. The molecule has 1 fully saturated rings. The summed E-state index contributed by atoms with van der Waals surface area (Å²) in [4.78, 5) is 4.46. The number of rotatable bonds is 7. The molecule has 3 heterocycles. The van der Waals surface area contributed by atoms with Gasteiger partial charge in [-0.3, -0.25) is 4.68 Å². The first-order valence-electron chi connectivity index (χ1n) is 9.44. The molecule has 1 aliphatic rings. The van der Waals surface area contributed by atoms with Gasteiger partial charge in [-0.1, -0.05) is 35.5 Å². The minimum atomic E-state index is 0.0348. The van der Waals surface area contributed by atoms with Crippen molar-refractivity contribution in [2.75, 3.05) is 13.2 Å². The van der Waals surface area contributed by atoms with Gasteiger partial charge in [0.05, 0.1) is 18.8 Å². The van der Waals surface area contributed by atoms with Crippen LogP contribution in [0.5, 0.6) is 0 Å². The van der Waals surface area contributed by atoms with Crippen LogP contribution < -0.4 is 5.32 Å². The van der Waals surface area contributed by atoms with Crippen LogP contribution >= 0.6 is 0 Å². The van der Waals surface area contributed by atoms with Gasteiger partial charge in [-0.15, -0.1) is 0 Å². The van der Waals surface area contributed by atoms with Crippen LogP contribution in [0, 0.1) is 12.8 Å². The lowest BCUT2D eigenvalue weighted by Gasteiger charge is -2.28. The average Bonchev–Trinajstić information content (AvgIpc) is 3.33. The first-order valence-corrected chi connectivity index (χ1v) is 9.44. The number of nitrogens with one attached hydrogen (secondary N) is 1. The molecule has 142 valence electrons. The first-order chi connectivity index (χ1) is 13.3. The molecule has 2 aromatic heterocycles. The second-order valence-corrected chi connectivity index (χ2v) is 7.02. The van der Waals surface area contributed by atoms with E-state index in [2.05, 4.69) is 38.9 Å². The molecule has 4 rings (SSSR count). The number of aromatic nitrogens is 4. The van der Waals surface area contributed by atoms with Crippen molar-refractivity contribution in [3.8, 4) is 0 Å². The fourth-order valence-corrected chi connectivity index (χ4v) is 3.53. The summed E-state index contributed by atoms with van der Waals surface area (Å²) in [6.45, 7) is 4.89. The summed E-state index contributed by atoms with van der Waals surface area (Å²) in [7, 11) is 0. The van der Waals surface area contributed by atoms with Gasteiger partial charge in [0.2, 0.25) is 5.89 Å². The summed E-state index contributed by atoms with van der Waals surface area (Å²) in [5.74, 6) is 1.76. The predicted molar refractivity (Wildman–Crippen MR) is 99.9 cm³/mol. The van der Waals surface area contributed by atoms with Crippen molar-refractivity contribution in [3.05, 3.63) is 65.6 Å². The summed E-state index contributed by atoms with van der Waals surface area (Å²) in [6, 6.07) is 10.4. The lowest BCUT2D eigenvalue weighted by atomic mass is 9.91. The monoisotopic (exact) mass is 367 g/mol. The Morgan fingerprint density at radius 3 is 2.74 bits per heavy atom. The van der Waals surface area contributed by atoms with E-state index in [0.29, 0.717) is 24.2 Å². The molecule has 0 spiro atoms. The highest BCUT2D eigenvalue weighted by Crippen LogP contribution is 2.29. The maximum absolute atomic E-state index is 5.51. The quantitative estimate of drug-likeness (QED) is 0.692. The number of hydrogen-bond donors (Lipinski definition) is 1. The molecule has 0 saturated carbocycles. The van der Waals surface area contributed by atoms with Crippen molar-refractivity contribution in [2.45, 2.75) is 38.9 Å². The van der Waals surface area contributed by atoms with Crippen LogP contribution in [0.4, 0.5) is 0 Å². The number of benzene rings is 1. The molecule has 0 amide bonds. The van der Waals surface area contributed by atoms with Crippen LogP contribution in [0.3, 0.4) is 0 Å². The van der Waals surface area contributed by atoms with Crippen LogP contribution in [0.15, 0.2) is 47.2 Å². The van der Waals surface area contributed by atoms with Crippen molar-refractivity contribution in [3.63, 3.8) is 0 Å². The lowest BCUT2D eigenvalue weighted by Crippen LogP contribution is -2.32. The van der Waals surface area contributed by atoms with Crippen LogP contribution in [-0.4, -0.2) is 33.1 Å². The van der Waals surface area contributed by atoms with Gasteiger partial charge in [0.15, 0.2) is 5.82 Å². The van der Waals surface area contributed by atoms with E-state index in [1.807, 2.05) is 36.0 Å². The molecule has 1 saturated heterocycles. The summed E-state index contributed by atoms with van der Waals surface area (Å²) in [6.07, 6.45) is 5.98. The molecular formula is C20H25N5O2. The van der Waals surface area contributed by atoms with E-state index in [4.69, 9.17) is 9.26 Å². The highest BCUT2D eigenvalue weighted by molar-refractivity contribution is 5.15. The number of aryl methyl sites for hydroxylation is 1. The Hall–Kier alpha value is -2.51. The van der Waals surface area contributed by atoms with Crippen molar-refractivity contribution in [1.82, 2.24) is 25.2 Å². The number of nitrogens with zero attached hydrogens (tertiary/aromatic N) is 4. The first kappa shape index (κ1) is 17.9. The van der Waals surface area contributed by atoms with Crippen LogP contribution in [0.25, 0.3) is 0 Å². The molecule has 7 nitrogen and oxygen atoms in total. The van der Waals surface area contributed by atoms with E-state index in [9.17, 15) is 0 Å². The van der Waals surface area contributed by atoms with Crippen molar-refractivity contribution in [2.24, 2.45) is 5.92 Å². The molecule has 27 heavy (non-hydrogen) atoms. The van der Waals surface area contributed by atoms with E-state index < -0.39 is 0 Å². The Morgan fingerprint density at radius 2 is 2.00 bits per heavy atom. The Labute approximate surface area is 158 Å². The summed E-state index contributed by atoms with van der Waals surface area (Å²) >= 11 is 0. The zero-order chi connectivity index (χ0) is 18.5. The fraction of sp³-hybridized carbons (Fsp3) is 0.450. The molecule has 1 N–H and O–H groups in total. The van der Waals surface area contributed by atoms with E-state index in [1.165, 1.54) is 5.56 Å². The van der Waals surface area contributed by atoms with Gasteiger partial charge in [-0.25, -0.2) is 0 Å². The van der Waals surface area contributed by atoms with E-state index in [0.717, 1.165) is 38.2 Å². The van der Waals surface area contributed by atoms with Crippen molar-refractivity contribution >= 4 is 0 Å². The summed E-state index contributed by atoms with van der Waals surface area (Å²) < 4.78 is 12.9. The van der Waals surface area contributed by atoms with Gasteiger partial charge >= 0.3 is 0 Å². The van der Waals surface area contributed by atoms with Gasteiger partial charge in [-0.05, 0) is 31.2 Å². The minimum Gasteiger partial charge on any atom is -0.381 e. The van der Waals surface area contributed by atoms with Crippen LogP contribution in [0.1, 0.15) is 41.7 Å². The molecule has 1 aliphatic heterocycles. The predicted octanol–water partition coefficient (Wildman–Crippen LogP) is 2.88. The lowest BCUT2D eigenvalue weighted by molar-refractivity contribution is 0.0485. The normalized spacial score (nSPS) is 16.5. The van der Waals surface area contributed by atoms with Gasteiger partial charge in [0, 0.05) is 31.5 Å². The van der Waals surface area contributed by atoms with E-state index >= 15 is 0 Å². The second kappa shape index (κ2) is 8.45. The Morgan fingerprint density at radius 1 is 1.19 bits per heavy atom. The third-order valence-electron chi connectivity index (χ3n) is 4.95. The molecule has 0 aliphatic carbocycles.